The van der Waals surface area contributed by atoms with E-state index in [0.717, 1.165) is 11.3 Å². The first-order valence-corrected chi connectivity index (χ1v) is 7.62. The molecule has 0 aliphatic heterocycles. The van der Waals surface area contributed by atoms with Crippen molar-refractivity contribution in [3.63, 3.8) is 0 Å². The minimum absolute atomic E-state index is 0.0471. The van der Waals surface area contributed by atoms with Crippen LogP contribution in [0.3, 0.4) is 0 Å². The van der Waals surface area contributed by atoms with Crippen molar-refractivity contribution in [1.29, 1.82) is 0 Å². The van der Waals surface area contributed by atoms with E-state index in [-0.39, 0.29) is 28.9 Å². The molecule has 0 aliphatic carbocycles. The highest BCUT2D eigenvalue weighted by molar-refractivity contribution is 5.93. The van der Waals surface area contributed by atoms with Gasteiger partial charge in [-0.15, -0.1) is 0 Å². The summed E-state index contributed by atoms with van der Waals surface area (Å²) in [5.41, 5.74) is 0.233. The van der Waals surface area contributed by atoms with E-state index >= 15 is 0 Å². The lowest BCUT2D eigenvalue weighted by Crippen LogP contribution is -2.30. The average molecular weight is 337 g/mol. The number of halogens is 3. The van der Waals surface area contributed by atoms with E-state index in [1.807, 2.05) is 6.92 Å². The van der Waals surface area contributed by atoms with Crippen LogP contribution in [-0.4, -0.2) is 17.7 Å². The highest BCUT2D eigenvalue weighted by atomic mass is 19.2. The molecule has 0 radical (unpaired) electrons. The summed E-state index contributed by atoms with van der Waals surface area (Å²) in [6, 6.07) is 7.41. The number of hydrogen-bond acceptors (Lipinski definition) is 1. The number of carboxylic acid groups (broad SMARTS) is 1. The van der Waals surface area contributed by atoms with Crippen LogP contribution in [0.15, 0.2) is 30.3 Å². The maximum atomic E-state index is 14.2. The Hall–Kier alpha value is -2.50. The number of amides is 1. The van der Waals surface area contributed by atoms with Crippen LogP contribution in [0, 0.1) is 24.4 Å². The molecule has 0 saturated heterocycles. The van der Waals surface area contributed by atoms with Crippen molar-refractivity contribution in [3.05, 3.63) is 53.3 Å². The van der Waals surface area contributed by atoms with Gasteiger partial charge in [-0.25, -0.2) is 18.0 Å². The first-order valence-electron chi connectivity index (χ1n) is 7.62. The molecule has 24 heavy (non-hydrogen) atoms. The third kappa shape index (κ3) is 3.37. The summed E-state index contributed by atoms with van der Waals surface area (Å²) in [6.45, 7) is 3.48. The van der Waals surface area contributed by atoms with E-state index < -0.39 is 23.5 Å². The number of aryl methyl sites for hydroxylation is 1. The molecule has 1 N–H and O–H groups in total. The van der Waals surface area contributed by atoms with Crippen LogP contribution in [0.2, 0.25) is 0 Å². The van der Waals surface area contributed by atoms with Gasteiger partial charge in [0, 0.05) is 17.7 Å². The first-order chi connectivity index (χ1) is 11.4. The van der Waals surface area contributed by atoms with Crippen molar-refractivity contribution in [2.45, 2.75) is 26.7 Å². The predicted molar refractivity (Wildman–Crippen MR) is 86.8 cm³/mol. The molecule has 0 saturated carbocycles. The Morgan fingerprint density at radius 1 is 1.08 bits per heavy atom. The first kappa shape index (κ1) is 17.8. The molecule has 0 aliphatic rings. The predicted octanol–water partition coefficient (Wildman–Crippen LogP) is 5.36. The van der Waals surface area contributed by atoms with E-state index in [2.05, 4.69) is 0 Å². The number of benzene rings is 2. The summed E-state index contributed by atoms with van der Waals surface area (Å²) >= 11 is 0. The zero-order valence-electron chi connectivity index (χ0n) is 13.4. The van der Waals surface area contributed by atoms with Crippen LogP contribution in [0.4, 0.5) is 23.7 Å². The highest BCUT2D eigenvalue weighted by Crippen LogP contribution is 2.35. The third-order valence-corrected chi connectivity index (χ3v) is 3.78. The molecular formula is C18H18F3NO2. The quantitative estimate of drug-likeness (QED) is 0.746. The minimum atomic E-state index is -1.56. The molecule has 0 unspecified atom stereocenters. The molecule has 6 heteroatoms. The van der Waals surface area contributed by atoms with Gasteiger partial charge in [0.25, 0.3) is 0 Å². The second-order valence-electron chi connectivity index (χ2n) is 5.49. The summed E-state index contributed by atoms with van der Waals surface area (Å²) in [5, 5.41) is 9.45. The summed E-state index contributed by atoms with van der Waals surface area (Å²) < 4.78 is 41.5. The van der Waals surface area contributed by atoms with E-state index in [1.165, 1.54) is 25.1 Å². The molecule has 0 bridgehead atoms. The van der Waals surface area contributed by atoms with Gasteiger partial charge in [-0.1, -0.05) is 31.5 Å². The Bertz CT molecular complexity index is 762. The van der Waals surface area contributed by atoms with Gasteiger partial charge < -0.3 is 5.11 Å². The van der Waals surface area contributed by atoms with E-state index in [9.17, 15) is 23.1 Å². The monoisotopic (exact) mass is 337 g/mol. The number of hydrogen-bond donors (Lipinski definition) is 1. The molecule has 3 nitrogen and oxygen atoms in total. The van der Waals surface area contributed by atoms with E-state index in [0.29, 0.717) is 6.42 Å². The van der Waals surface area contributed by atoms with Crippen molar-refractivity contribution in [3.8, 4) is 11.1 Å². The molecule has 1 amide bonds. The Kier molecular flexibility index (Phi) is 5.49. The molecule has 0 spiro atoms. The lowest BCUT2D eigenvalue weighted by atomic mass is 9.99. The summed E-state index contributed by atoms with van der Waals surface area (Å²) in [7, 11) is 0. The number of anilines is 1. The average Bonchev–Trinajstić information content (AvgIpc) is 2.57. The van der Waals surface area contributed by atoms with E-state index in [1.54, 1.807) is 12.1 Å². The van der Waals surface area contributed by atoms with Gasteiger partial charge in [-0.2, -0.15) is 0 Å². The van der Waals surface area contributed by atoms with Gasteiger partial charge in [0.05, 0.1) is 5.69 Å². The van der Waals surface area contributed by atoms with Gasteiger partial charge in [0.15, 0.2) is 17.5 Å². The molecule has 2 rings (SSSR count). The van der Waals surface area contributed by atoms with Gasteiger partial charge in [0.2, 0.25) is 0 Å². The summed E-state index contributed by atoms with van der Waals surface area (Å²) in [6.07, 6.45) is 0.223. The van der Waals surface area contributed by atoms with Crippen LogP contribution in [-0.2, 0) is 0 Å². The summed E-state index contributed by atoms with van der Waals surface area (Å²) in [4.78, 5) is 12.7. The van der Waals surface area contributed by atoms with Crippen LogP contribution in [0.5, 0.6) is 0 Å². The lowest BCUT2D eigenvalue weighted by molar-refractivity contribution is 0.201. The normalized spacial score (nSPS) is 10.7. The SMILES string of the molecule is CCCCN(C(=O)O)c1ccccc1-c1cc(C)c(F)c(F)c1F. The molecule has 2 aromatic carbocycles. The minimum Gasteiger partial charge on any atom is -0.465 e. The Balaban J connectivity index is 2.63. The van der Waals surface area contributed by atoms with Crippen molar-refractivity contribution >= 4 is 11.8 Å². The van der Waals surface area contributed by atoms with Crippen LogP contribution in [0.1, 0.15) is 25.3 Å². The topological polar surface area (TPSA) is 40.5 Å². The van der Waals surface area contributed by atoms with Gasteiger partial charge in [0.1, 0.15) is 0 Å². The Morgan fingerprint density at radius 3 is 2.38 bits per heavy atom. The maximum absolute atomic E-state index is 14.2. The number of rotatable bonds is 5. The lowest BCUT2D eigenvalue weighted by Gasteiger charge is -2.22. The largest absolute Gasteiger partial charge is 0.465 e. The maximum Gasteiger partial charge on any atom is 0.411 e. The molecule has 0 aromatic heterocycles. The van der Waals surface area contributed by atoms with Crippen molar-refractivity contribution in [2.75, 3.05) is 11.4 Å². The van der Waals surface area contributed by atoms with Crippen molar-refractivity contribution < 1.29 is 23.1 Å². The summed E-state index contributed by atoms with van der Waals surface area (Å²) in [5.74, 6) is -4.13. The molecule has 0 fully saturated rings. The Morgan fingerprint density at radius 2 is 1.75 bits per heavy atom. The van der Waals surface area contributed by atoms with Crippen LogP contribution in [0.25, 0.3) is 11.1 Å². The second-order valence-corrected chi connectivity index (χ2v) is 5.49. The molecule has 0 atom stereocenters. The van der Waals surface area contributed by atoms with E-state index in [4.69, 9.17) is 0 Å². The van der Waals surface area contributed by atoms with Crippen molar-refractivity contribution in [1.82, 2.24) is 0 Å². The second kappa shape index (κ2) is 7.38. The standard InChI is InChI=1S/C18H18F3NO2/c1-3-4-9-22(18(23)24)14-8-6-5-7-12(14)13-10-11(2)15(19)17(21)16(13)20/h5-8,10H,3-4,9H2,1-2H3,(H,23,24). The number of carbonyl (C=O) groups is 1. The fourth-order valence-corrected chi connectivity index (χ4v) is 2.50. The van der Waals surface area contributed by atoms with Crippen LogP contribution < -0.4 is 4.90 Å². The number of para-hydroxylation sites is 1. The van der Waals surface area contributed by atoms with Crippen molar-refractivity contribution in [2.24, 2.45) is 0 Å². The Labute approximate surface area is 138 Å². The van der Waals surface area contributed by atoms with Crippen LogP contribution >= 0.6 is 0 Å². The molecule has 128 valence electrons. The molecule has 0 heterocycles. The smallest absolute Gasteiger partial charge is 0.411 e. The molecular weight excluding hydrogens is 319 g/mol. The molecule has 2 aromatic rings. The third-order valence-electron chi connectivity index (χ3n) is 3.78. The van der Waals surface area contributed by atoms with Gasteiger partial charge in [-0.05, 0) is 31.0 Å². The zero-order chi connectivity index (χ0) is 17.9. The number of nitrogens with zero attached hydrogens (tertiary/aromatic N) is 1. The van der Waals surface area contributed by atoms with Gasteiger partial charge >= 0.3 is 6.09 Å². The zero-order valence-corrected chi connectivity index (χ0v) is 13.4. The highest BCUT2D eigenvalue weighted by Gasteiger charge is 2.23. The number of unbranched alkanes of at least 4 members (excludes halogenated alkanes) is 1. The fraction of sp³-hybridized carbons (Fsp3) is 0.278. The van der Waals surface area contributed by atoms with Gasteiger partial charge in [-0.3, -0.25) is 4.90 Å². The fourth-order valence-electron chi connectivity index (χ4n) is 2.50.